The molecule has 1 aliphatic carbocycles. The number of hydrogen-bond donors (Lipinski definition) is 1. The third kappa shape index (κ3) is 4.18. The van der Waals surface area contributed by atoms with Gasteiger partial charge in [-0.25, -0.2) is 0 Å². The molecule has 1 unspecified atom stereocenters. The van der Waals surface area contributed by atoms with Crippen molar-refractivity contribution in [2.24, 2.45) is 5.92 Å². The molecule has 1 fully saturated rings. The van der Waals surface area contributed by atoms with Gasteiger partial charge < -0.3 is 5.32 Å². The molecule has 0 saturated heterocycles. The first-order valence-electron chi connectivity index (χ1n) is 6.13. The molecular formula is C12H24ClN. The number of nitrogens with one attached hydrogen (secondary N) is 1. The van der Waals surface area contributed by atoms with Crippen molar-refractivity contribution in [3.8, 4) is 0 Å². The number of alkyl halides is 1. The molecule has 2 heteroatoms. The molecule has 1 atom stereocenters. The lowest BCUT2D eigenvalue weighted by atomic mass is 9.91. The van der Waals surface area contributed by atoms with E-state index in [4.69, 9.17) is 11.6 Å². The maximum absolute atomic E-state index is 5.94. The first kappa shape index (κ1) is 12.3. The zero-order chi connectivity index (χ0) is 10.4. The van der Waals surface area contributed by atoms with Crippen molar-refractivity contribution in [1.29, 1.82) is 0 Å². The van der Waals surface area contributed by atoms with Crippen LogP contribution in [-0.4, -0.2) is 18.0 Å². The Kier molecular flexibility index (Phi) is 5.88. The summed E-state index contributed by atoms with van der Waals surface area (Å²) in [6.45, 7) is 5.77. The maximum atomic E-state index is 5.94. The third-order valence-electron chi connectivity index (χ3n) is 3.32. The minimum atomic E-state index is 0.447. The monoisotopic (exact) mass is 217 g/mol. The van der Waals surface area contributed by atoms with Gasteiger partial charge in [0.05, 0.1) is 0 Å². The first-order valence-corrected chi connectivity index (χ1v) is 6.57. The highest BCUT2D eigenvalue weighted by atomic mass is 35.5. The second-order valence-corrected chi connectivity index (χ2v) is 5.21. The zero-order valence-electron chi connectivity index (χ0n) is 9.56. The van der Waals surface area contributed by atoms with Crippen LogP contribution in [0.4, 0.5) is 0 Å². The minimum absolute atomic E-state index is 0.447. The predicted molar refractivity (Wildman–Crippen MR) is 64.0 cm³/mol. The van der Waals surface area contributed by atoms with E-state index in [-0.39, 0.29) is 0 Å². The van der Waals surface area contributed by atoms with E-state index in [0.717, 1.165) is 5.92 Å². The fourth-order valence-electron chi connectivity index (χ4n) is 1.99. The van der Waals surface area contributed by atoms with Crippen LogP contribution in [0, 0.1) is 5.92 Å². The average molecular weight is 218 g/mol. The van der Waals surface area contributed by atoms with Crippen LogP contribution in [0.15, 0.2) is 0 Å². The summed E-state index contributed by atoms with van der Waals surface area (Å²) in [5.74, 6) is 0.879. The van der Waals surface area contributed by atoms with Crippen molar-refractivity contribution in [2.45, 2.75) is 63.8 Å². The van der Waals surface area contributed by atoms with Gasteiger partial charge in [0.1, 0.15) is 0 Å². The fraction of sp³-hybridized carbons (Fsp3) is 1.00. The maximum Gasteiger partial charge on any atom is 0.0365 e. The van der Waals surface area contributed by atoms with Gasteiger partial charge in [0, 0.05) is 11.4 Å². The molecule has 84 valence electrons. The number of halogens is 1. The highest BCUT2D eigenvalue weighted by Crippen LogP contribution is 2.25. The summed E-state index contributed by atoms with van der Waals surface area (Å²) in [4.78, 5) is 0. The summed E-state index contributed by atoms with van der Waals surface area (Å²) >= 11 is 5.94. The molecule has 1 aliphatic rings. The molecule has 0 heterocycles. The molecule has 1 saturated carbocycles. The second kappa shape index (κ2) is 6.68. The van der Waals surface area contributed by atoms with Gasteiger partial charge in [-0.05, 0) is 31.7 Å². The van der Waals surface area contributed by atoms with Crippen LogP contribution in [0.25, 0.3) is 0 Å². The van der Waals surface area contributed by atoms with Gasteiger partial charge in [-0.15, -0.1) is 11.6 Å². The lowest BCUT2D eigenvalue weighted by molar-refractivity contribution is 0.309. The summed E-state index contributed by atoms with van der Waals surface area (Å²) in [5, 5.41) is 4.07. The van der Waals surface area contributed by atoms with Crippen LogP contribution in [-0.2, 0) is 0 Å². The van der Waals surface area contributed by atoms with E-state index in [1.807, 2.05) is 0 Å². The molecule has 0 aromatic rings. The standard InChI is InChI=1S/C12H24ClN/c1-3-5-6-10(4-2)9-14-12-7-11(13)8-12/h10-12,14H,3-9H2,1-2H3. The number of rotatable bonds is 7. The van der Waals surface area contributed by atoms with E-state index in [1.54, 1.807) is 0 Å². The Morgan fingerprint density at radius 2 is 2.07 bits per heavy atom. The largest absolute Gasteiger partial charge is 0.314 e. The van der Waals surface area contributed by atoms with Gasteiger partial charge in [-0.2, -0.15) is 0 Å². The molecule has 0 aromatic carbocycles. The topological polar surface area (TPSA) is 12.0 Å². The van der Waals surface area contributed by atoms with Crippen molar-refractivity contribution in [3.05, 3.63) is 0 Å². The molecule has 1 N–H and O–H groups in total. The first-order chi connectivity index (χ1) is 6.76. The SMILES string of the molecule is CCCCC(CC)CNC1CC(Cl)C1. The second-order valence-electron chi connectivity index (χ2n) is 4.59. The normalized spacial score (nSPS) is 28.5. The molecular weight excluding hydrogens is 194 g/mol. The smallest absolute Gasteiger partial charge is 0.0365 e. The van der Waals surface area contributed by atoms with Crippen LogP contribution in [0.1, 0.15) is 52.4 Å². The fourth-order valence-corrected chi connectivity index (χ4v) is 2.42. The molecule has 0 amide bonds. The van der Waals surface area contributed by atoms with E-state index in [2.05, 4.69) is 19.2 Å². The predicted octanol–water partition coefficient (Wildman–Crippen LogP) is 3.56. The number of unbranched alkanes of at least 4 members (excludes halogenated alkanes) is 1. The molecule has 0 radical (unpaired) electrons. The van der Waals surface area contributed by atoms with E-state index in [1.165, 1.54) is 45.1 Å². The van der Waals surface area contributed by atoms with Gasteiger partial charge in [0.15, 0.2) is 0 Å². The lowest BCUT2D eigenvalue weighted by Crippen LogP contribution is -2.43. The summed E-state index contributed by atoms with van der Waals surface area (Å²) in [5.41, 5.74) is 0. The van der Waals surface area contributed by atoms with E-state index in [9.17, 15) is 0 Å². The van der Waals surface area contributed by atoms with Crippen molar-refractivity contribution in [3.63, 3.8) is 0 Å². The Bertz CT molecular complexity index is 143. The van der Waals surface area contributed by atoms with Crippen molar-refractivity contribution >= 4 is 11.6 Å². The Morgan fingerprint density at radius 1 is 1.36 bits per heavy atom. The van der Waals surface area contributed by atoms with Crippen LogP contribution in [0.2, 0.25) is 0 Å². The Labute approximate surface area is 93.6 Å². The van der Waals surface area contributed by atoms with Gasteiger partial charge in [0.2, 0.25) is 0 Å². The average Bonchev–Trinajstić information content (AvgIpc) is 2.15. The van der Waals surface area contributed by atoms with E-state index >= 15 is 0 Å². The Balaban J connectivity index is 2.02. The molecule has 0 spiro atoms. The van der Waals surface area contributed by atoms with Gasteiger partial charge in [-0.1, -0.05) is 33.1 Å². The highest BCUT2D eigenvalue weighted by Gasteiger charge is 2.26. The minimum Gasteiger partial charge on any atom is -0.314 e. The van der Waals surface area contributed by atoms with Crippen LogP contribution in [0.5, 0.6) is 0 Å². The third-order valence-corrected chi connectivity index (χ3v) is 3.68. The summed E-state index contributed by atoms with van der Waals surface area (Å²) < 4.78 is 0. The van der Waals surface area contributed by atoms with Crippen LogP contribution >= 0.6 is 11.6 Å². The zero-order valence-corrected chi connectivity index (χ0v) is 10.3. The molecule has 0 bridgehead atoms. The summed E-state index contributed by atoms with van der Waals surface area (Å²) in [6, 6.07) is 0.716. The van der Waals surface area contributed by atoms with Gasteiger partial charge >= 0.3 is 0 Å². The molecule has 14 heavy (non-hydrogen) atoms. The van der Waals surface area contributed by atoms with Crippen LogP contribution in [0.3, 0.4) is 0 Å². The van der Waals surface area contributed by atoms with Crippen LogP contribution < -0.4 is 5.32 Å². The Morgan fingerprint density at radius 3 is 2.57 bits per heavy atom. The van der Waals surface area contributed by atoms with Gasteiger partial charge in [0.25, 0.3) is 0 Å². The number of hydrogen-bond acceptors (Lipinski definition) is 1. The summed E-state index contributed by atoms with van der Waals surface area (Å²) in [6.07, 6.45) is 7.74. The van der Waals surface area contributed by atoms with E-state index < -0.39 is 0 Å². The van der Waals surface area contributed by atoms with E-state index in [0.29, 0.717) is 11.4 Å². The molecule has 0 aliphatic heterocycles. The highest BCUT2D eigenvalue weighted by molar-refractivity contribution is 6.21. The van der Waals surface area contributed by atoms with Crippen molar-refractivity contribution in [2.75, 3.05) is 6.54 Å². The Hall–Kier alpha value is 0.250. The quantitative estimate of drug-likeness (QED) is 0.643. The summed E-state index contributed by atoms with van der Waals surface area (Å²) in [7, 11) is 0. The molecule has 1 nitrogen and oxygen atoms in total. The van der Waals surface area contributed by atoms with Gasteiger partial charge in [-0.3, -0.25) is 0 Å². The molecule has 1 rings (SSSR count). The van der Waals surface area contributed by atoms with Crippen molar-refractivity contribution < 1.29 is 0 Å². The molecule has 0 aromatic heterocycles. The van der Waals surface area contributed by atoms with Crippen molar-refractivity contribution in [1.82, 2.24) is 5.32 Å². The lowest BCUT2D eigenvalue weighted by Gasteiger charge is -2.33.